The highest BCUT2D eigenvalue weighted by atomic mass is 32.2. The highest BCUT2D eigenvalue weighted by Gasteiger charge is 2.17. The van der Waals surface area contributed by atoms with Gasteiger partial charge in [-0.05, 0) is 42.8 Å². The summed E-state index contributed by atoms with van der Waals surface area (Å²) < 4.78 is 7.09. The van der Waals surface area contributed by atoms with E-state index in [0.29, 0.717) is 21.4 Å². The fraction of sp³-hybridized carbons (Fsp3) is 0.105. The van der Waals surface area contributed by atoms with Gasteiger partial charge in [-0.2, -0.15) is 10.5 Å². The van der Waals surface area contributed by atoms with Gasteiger partial charge in [-0.25, -0.2) is 4.98 Å². The van der Waals surface area contributed by atoms with Gasteiger partial charge in [-0.15, -0.1) is 11.3 Å². The Morgan fingerprint density at radius 2 is 2.11 bits per heavy atom. The number of ether oxygens (including phenoxy) is 1. The number of nitriles is 2. The lowest BCUT2D eigenvalue weighted by Gasteiger charge is -2.02. The lowest BCUT2D eigenvalue weighted by Crippen LogP contribution is -1.92. The first-order chi connectivity index (χ1) is 13.5. The Kier molecular flexibility index (Phi) is 5.90. The van der Waals surface area contributed by atoms with Crippen LogP contribution in [0.4, 0.5) is 5.69 Å². The average molecular weight is 408 g/mol. The quantitative estimate of drug-likeness (QED) is 0.313. The maximum Gasteiger partial charge on any atom is 0.283 e. The van der Waals surface area contributed by atoms with E-state index in [0.717, 1.165) is 16.0 Å². The molecule has 2 aromatic carbocycles. The van der Waals surface area contributed by atoms with Crippen LogP contribution in [0.1, 0.15) is 12.5 Å². The zero-order valence-corrected chi connectivity index (χ0v) is 16.2. The highest BCUT2D eigenvalue weighted by Crippen LogP contribution is 2.39. The number of aromatic nitrogens is 1. The molecule has 0 spiro atoms. The summed E-state index contributed by atoms with van der Waals surface area (Å²) in [6.07, 6.45) is 1.31. The van der Waals surface area contributed by atoms with Crippen molar-refractivity contribution in [2.24, 2.45) is 0 Å². The van der Waals surface area contributed by atoms with Gasteiger partial charge in [0.2, 0.25) is 0 Å². The number of nitrogens with zero attached hydrogens (tertiary/aromatic N) is 4. The number of allylic oxidation sites excluding steroid dienone is 1. The molecule has 1 heterocycles. The molecule has 0 atom stereocenters. The molecule has 0 unspecified atom stereocenters. The molecule has 3 aromatic rings. The molecule has 0 aliphatic carbocycles. The topological polar surface area (TPSA) is 113 Å². The minimum atomic E-state index is -0.487. The number of rotatable bonds is 6. The van der Waals surface area contributed by atoms with Crippen LogP contribution in [-0.2, 0) is 0 Å². The number of hydrogen-bond acceptors (Lipinski definition) is 8. The number of hydrogen-bond donors (Lipinski definition) is 0. The van der Waals surface area contributed by atoms with Crippen molar-refractivity contribution in [1.82, 2.24) is 4.98 Å². The average Bonchev–Trinajstić information content (AvgIpc) is 3.08. The zero-order valence-electron chi connectivity index (χ0n) is 14.6. The summed E-state index contributed by atoms with van der Waals surface area (Å²) in [6.45, 7) is 2.48. The molecule has 0 radical (unpaired) electrons. The van der Waals surface area contributed by atoms with E-state index >= 15 is 0 Å². The second-order valence-corrected chi connectivity index (χ2v) is 7.73. The van der Waals surface area contributed by atoms with Gasteiger partial charge < -0.3 is 4.74 Å². The molecule has 0 aliphatic heterocycles. The van der Waals surface area contributed by atoms with Crippen molar-refractivity contribution < 1.29 is 9.66 Å². The third-order valence-corrected chi connectivity index (χ3v) is 5.72. The largest absolute Gasteiger partial charge is 0.494 e. The molecule has 7 nitrogen and oxygen atoms in total. The summed E-state index contributed by atoms with van der Waals surface area (Å²) in [5, 5.41) is 29.2. The molecule has 28 heavy (non-hydrogen) atoms. The second kappa shape index (κ2) is 8.53. The summed E-state index contributed by atoms with van der Waals surface area (Å²) in [5.74, 6) is 0.753. The third-order valence-electron chi connectivity index (χ3n) is 3.58. The summed E-state index contributed by atoms with van der Waals surface area (Å²) in [5.41, 5.74) is 0.986. The molecule has 0 N–H and O–H groups in total. The van der Waals surface area contributed by atoms with Crippen molar-refractivity contribution in [2.75, 3.05) is 6.61 Å². The van der Waals surface area contributed by atoms with Gasteiger partial charge in [0.05, 0.1) is 26.6 Å². The molecule has 0 aliphatic rings. The van der Waals surface area contributed by atoms with E-state index in [1.165, 1.54) is 35.2 Å². The number of benzene rings is 2. The molecule has 9 heteroatoms. The molecule has 1 aromatic heterocycles. The van der Waals surface area contributed by atoms with Crippen LogP contribution in [0.2, 0.25) is 0 Å². The van der Waals surface area contributed by atoms with E-state index in [9.17, 15) is 10.1 Å². The Balaban J connectivity index is 1.94. The molecular weight excluding hydrogens is 396 g/mol. The van der Waals surface area contributed by atoms with Crippen LogP contribution in [0, 0.1) is 32.8 Å². The summed E-state index contributed by atoms with van der Waals surface area (Å²) in [4.78, 5) is 15.9. The zero-order chi connectivity index (χ0) is 20.1. The molecule has 138 valence electrons. The Hall–Kier alpha value is -3.40. The second-order valence-electron chi connectivity index (χ2n) is 5.41. The maximum atomic E-state index is 11.5. The van der Waals surface area contributed by atoms with E-state index in [4.69, 9.17) is 15.3 Å². The molecular formula is C19H12N4O3S2. The summed E-state index contributed by atoms with van der Waals surface area (Å²) >= 11 is 2.63. The molecule has 0 saturated heterocycles. The van der Waals surface area contributed by atoms with Crippen LogP contribution >= 0.6 is 23.1 Å². The van der Waals surface area contributed by atoms with E-state index < -0.39 is 4.92 Å². The van der Waals surface area contributed by atoms with Crippen LogP contribution in [0.5, 0.6) is 5.75 Å². The van der Waals surface area contributed by atoms with Crippen LogP contribution in [0.25, 0.3) is 16.3 Å². The van der Waals surface area contributed by atoms with Crippen molar-refractivity contribution in [3.05, 3.63) is 57.6 Å². The van der Waals surface area contributed by atoms with Gasteiger partial charge in [0.1, 0.15) is 23.5 Å². The van der Waals surface area contributed by atoms with Gasteiger partial charge in [-0.3, -0.25) is 10.1 Å². The fourth-order valence-electron chi connectivity index (χ4n) is 2.39. The SMILES string of the molecule is CCOc1ccc2nc(Sc3ccc(C=C(C#N)C#N)cc3[N+](=O)[O-])sc2c1. The van der Waals surface area contributed by atoms with Crippen LogP contribution in [0.15, 0.2) is 51.2 Å². The first-order valence-electron chi connectivity index (χ1n) is 8.05. The number of fused-ring (bicyclic) bond motifs is 1. The minimum Gasteiger partial charge on any atom is -0.494 e. The van der Waals surface area contributed by atoms with Gasteiger partial charge >= 0.3 is 0 Å². The van der Waals surface area contributed by atoms with Crippen LogP contribution in [0.3, 0.4) is 0 Å². The molecule has 0 amide bonds. The number of thiazole rings is 1. The predicted octanol–water partition coefficient (Wildman–Crippen LogP) is 5.18. The lowest BCUT2D eigenvalue weighted by molar-refractivity contribution is -0.387. The minimum absolute atomic E-state index is 0.108. The van der Waals surface area contributed by atoms with Gasteiger partial charge in [-0.1, -0.05) is 17.8 Å². The van der Waals surface area contributed by atoms with E-state index in [1.807, 2.05) is 25.1 Å². The Morgan fingerprint density at radius 1 is 1.32 bits per heavy atom. The number of nitro groups is 1. The van der Waals surface area contributed by atoms with E-state index in [2.05, 4.69) is 4.98 Å². The molecule has 3 rings (SSSR count). The Labute approximate surface area is 168 Å². The van der Waals surface area contributed by atoms with Crippen LogP contribution < -0.4 is 4.74 Å². The van der Waals surface area contributed by atoms with Gasteiger partial charge in [0.15, 0.2) is 4.34 Å². The standard InChI is InChI=1S/C19H12N4O3S2/c1-2-26-14-4-5-15-18(9-14)28-19(22-15)27-17-6-3-12(7-13(10-20)11-21)8-16(17)23(24)25/h3-9H,2H2,1H3. The normalized spacial score (nSPS) is 10.1. The van der Waals surface area contributed by atoms with Crippen molar-refractivity contribution in [3.63, 3.8) is 0 Å². The fourth-order valence-corrected chi connectivity index (χ4v) is 4.52. The maximum absolute atomic E-state index is 11.5. The van der Waals surface area contributed by atoms with Gasteiger partial charge in [0.25, 0.3) is 5.69 Å². The lowest BCUT2D eigenvalue weighted by atomic mass is 10.1. The third kappa shape index (κ3) is 4.29. The first-order valence-corrected chi connectivity index (χ1v) is 9.69. The van der Waals surface area contributed by atoms with Crippen molar-refractivity contribution in [2.45, 2.75) is 16.2 Å². The van der Waals surface area contributed by atoms with Crippen LogP contribution in [-0.4, -0.2) is 16.5 Å². The highest BCUT2D eigenvalue weighted by molar-refractivity contribution is 8.01. The molecule has 0 fully saturated rings. The smallest absolute Gasteiger partial charge is 0.283 e. The summed E-state index contributed by atoms with van der Waals surface area (Å²) in [6, 6.07) is 13.6. The Morgan fingerprint density at radius 3 is 2.79 bits per heavy atom. The van der Waals surface area contributed by atoms with E-state index in [-0.39, 0.29) is 11.3 Å². The van der Waals surface area contributed by atoms with Crippen molar-refractivity contribution in [3.8, 4) is 17.9 Å². The van der Waals surface area contributed by atoms with Crippen molar-refractivity contribution in [1.29, 1.82) is 10.5 Å². The molecule has 0 bridgehead atoms. The first kappa shape index (κ1) is 19.4. The number of nitro benzene ring substituents is 1. The van der Waals surface area contributed by atoms with Gasteiger partial charge in [0, 0.05) is 6.07 Å². The van der Waals surface area contributed by atoms with Crippen molar-refractivity contribution >= 4 is 45.1 Å². The van der Waals surface area contributed by atoms with E-state index in [1.54, 1.807) is 24.3 Å². The molecule has 0 saturated carbocycles. The summed E-state index contributed by atoms with van der Waals surface area (Å²) in [7, 11) is 0. The monoisotopic (exact) mass is 408 g/mol. The Bertz CT molecular complexity index is 1160. The predicted molar refractivity (Wildman–Crippen MR) is 107 cm³/mol.